The number of benzene rings is 1. The van der Waals surface area contributed by atoms with E-state index in [9.17, 15) is 4.79 Å². The summed E-state index contributed by atoms with van der Waals surface area (Å²) in [6.07, 6.45) is 3.10. The second-order valence-electron chi connectivity index (χ2n) is 8.59. The first-order chi connectivity index (χ1) is 15.0. The standard InChI is InChI=1S/C23H37N5O3/c1-17(15-31-21-8-10-30-16-21)27-23(25-2)26-12-18-5-3-6-19(11-18)13-28-9-4-7-20(14-28)22(24)29/h3,5-6,11,17,20-21H,4,7-10,12-16H2,1-2H3,(H2,24,29)(H2,25,26,27). The van der Waals surface area contributed by atoms with Gasteiger partial charge in [0.15, 0.2) is 5.96 Å². The quantitative estimate of drug-likeness (QED) is 0.402. The minimum absolute atomic E-state index is 0.0276. The maximum Gasteiger partial charge on any atom is 0.221 e. The van der Waals surface area contributed by atoms with Gasteiger partial charge in [-0.3, -0.25) is 14.7 Å². The van der Waals surface area contributed by atoms with Crippen molar-refractivity contribution in [3.05, 3.63) is 35.4 Å². The minimum Gasteiger partial charge on any atom is -0.379 e. The number of piperidine rings is 1. The summed E-state index contributed by atoms with van der Waals surface area (Å²) in [5, 5.41) is 6.76. The van der Waals surface area contributed by atoms with E-state index in [-0.39, 0.29) is 24.0 Å². The Morgan fingerprint density at radius 2 is 2.23 bits per heavy atom. The van der Waals surface area contributed by atoms with Crippen LogP contribution in [0, 0.1) is 5.92 Å². The Morgan fingerprint density at radius 1 is 1.39 bits per heavy atom. The maximum atomic E-state index is 11.5. The van der Waals surface area contributed by atoms with Crippen LogP contribution in [0.2, 0.25) is 0 Å². The number of nitrogens with one attached hydrogen (secondary N) is 2. The summed E-state index contributed by atoms with van der Waals surface area (Å²) in [5.41, 5.74) is 7.94. The molecule has 0 aromatic heterocycles. The number of hydrogen-bond donors (Lipinski definition) is 3. The number of ether oxygens (including phenoxy) is 2. The molecular formula is C23H37N5O3. The molecule has 2 fully saturated rings. The molecule has 8 heteroatoms. The number of nitrogens with zero attached hydrogens (tertiary/aromatic N) is 2. The zero-order valence-corrected chi connectivity index (χ0v) is 18.8. The fourth-order valence-corrected chi connectivity index (χ4v) is 4.11. The zero-order chi connectivity index (χ0) is 22.1. The van der Waals surface area contributed by atoms with Gasteiger partial charge in [0.2, 0.25) is 5.91 Å². The monoisotopic (exact) mass is 431 g/mol. The van der Waals surface area contributed by atoms with Crippen LogP contribution >= 0.6 is 0 Å². The SMILES string of the molecule is CN=C(NCc1cccc(CN2CCCC(C(N)=O)C2)c1)NC(C)COC1CCOC1. The normalized spacial score (nSPS) is 23.5. The number of amides is 1. The topological polar surface area (TPSA) is 101 Å². The Kier molecular flexibility index (Phi) is 9.12. The summed E-state index contributed by atoms with van der Waals surface area (Å²) in [6.45, 7) is 7.46. The van der Waals surface area contributed by atoms with Crippen molar-refractivity contribution >= 4 is 11.9 Å². The zero-order valence-electron chi connectivity index (χ0n) is 18.8. The van der Waals surface area contributed by atoms with Crippen LogP contribution in [-0.4, -0.2) is 68.9 Å². The number of carbonyl (C=O) groups is 1. The molecule has 8 nitrogen and oxygen atoms in total. The van der Waals surface area contributed by atoms with Gasteiger partial charge in [-0.25, -0.2) is 0 Å². The van der Waals surface area contributed by atoms with Crippen LogP contribution in [0.5, 0.6) is 0 Å². The van der Waals surface area contributed by atoms with Gasteiger partial charge in [-0.1, -0.05) is 24.3 Å². The molecule has 3 rings (SSSR count). The highest BCUT2D eigenvalue weighted by Crippen LogP contribution is 2.18. The lowest BCUT2D eigenvalue weighted by atomic mass is 9.97. The third-order valence-corrected chi connectivity index (χ3v) is 5.84. The minimum atomic E-state index is -0.183. The van der Waals surface area contributed by atoms with E-state index >= 15 is 0 Å². The predicted molar refractivity (Wildman–Crippen MR) is 122 cm³/mol. The van der Waals surface area contributed by atoms with Crippen LogP contribution in [0.15, 0.2) is 29.3 Å². The van der Waals surface area contributed by atoms with Gasteiger partial charge in [0, 0.05) is 39.3 Å². The Hall–Kier alpha value is -2.16. The van der Waals surface area contributed by atoms with Crippen molar-refractivity contribution in [2.75, 3.05) is 40.0 Å². The first-order valence-electron chi connectivity index (χ1n) is 11.3. The fourth-order valence-electron chi connectivity index (χ4n) is 4.11. The van der Waals surface area contributed by atoms with Crippen molar-refractivity contribution in [3.8, 4) is 0 Å². The number of nitrogens with two attached hydrogens (primary N) is 1. The number of guanidine groups is 1. The van der Waals surface area contributed by atoms with E-state index in [1.165, 1.54) is 11.1 Å². The average Bonchev–Trinajstić information content (AvgIpc) is 3.29. The molecule has 0 aliphatic carbocycles. The first kappa shape index (κ1) is 23.5. The molecule has 1 aromatic carbocycles. The van der Waals surface area contributed by atoms with Gasteiger partial charge in [0.05, 0.1) is 25.2 Å². The van der Waals surface area contributed by atoms with E-state index in [4.69, 9.17) is 15.2 Å². The second kappa shape index (κ2) is 12.0. The molecule has 2 aliphatic rings. The molecule has 1 amide bonds. The van der Waals surface area contributed by atoms with E-state index in [2.05, 4.69) is 51.7 Å². The Morgan fingerprint density at radius 3 is 2.97 bits per heavy atom. The molecule has 1 aromatic rings. The summed E-state index contributed by atoms with van der Waals surface area (Å²) in [4.78, 5) is 18.2. The molecule has 2 heterocycles. The molecule has 0 saturated carbocycles. The number of likely N-dealkylation sites (tertiary alicyclic amines) is 1. The Bertz CT molecular complexity index is 736. The number of hydrogen-bond acceptors (Lipinski definition) is 5. The van der Waals surface area contributed by atoms with E-state index in [1.807, 2.05) is 0 Å². The van der Waals surface area contributed by atoms with Gasteiger partial charge < -0.3 is 25.8 Å². The van der Waals surface area contributed by atoms with E-state index in [0.29, 0.717) is 19.8 Å². The summed E-state index contributed by atoms with van der Waals surface area (Å²) in [7, 11) is 1.77. The average molecular weight is 432 g/mol. The molecule has 2 saturated heterocycles. The van der Waals surface area contributed by atoms with Crippen molar-refractivity contribution in [1.29, 1.82) is 0 Å². The van der Waals surface area contributed by atoms with Gasteiger partial charge in [-0.05, 0) is 43.9 Å². The first-order valence-corrected chi connectivity index (χ1v) is 11.3. The molecule has 31 heavy (non-hydrogen) atoms. The van der Waals surface area contributed by atoms with E-state index < -0.39 is 0 Å². The largest absolute Gasteiger partial charge is 0.379 e. The van der Waals surface area contributed by atoms with Gasteiger partial charge in [-0.15, -0.1) is 0 Å². The summed E-state index contributed by atoms with van der Waals surface area (Å²) >= 11 is 0. The van der Waals surface area contributed by atoms with Crippen LogP contribution < -0.4 is 16.4 Å². The highest BCUT2D eigenvalue weighted by atomic mass is 16.5. The van der Waals surface area contributed by atoms with Gasteiger partial charge >= 0.3 is 0 Å². The van der Waals surface area contributed by atoms with Crippen LogP contribution in [0.4, 0.5) is 0 Å². The van der Waals surface area contributed by atoms with E-state index in [0.717, 1.165) is 51.5 Å². The lowest BCUT2D eigenvalue weighted by molar-refractivity contribution is -0.123. The third kappa shape index (κ3) is 7.79. The Labute approximate surface area is 185 Å². The summed E-state index contributed by atoms with van der Waals surface area (Å²) < 4.78 is 11.2. The summed E-state index contributed by atoms with van der Waals surface area (Å²) in [6, 6.07) is 8.68. The van der Waals surface area contributed by atoms with Crippen LogP contribution in [-0.2, 0) is 27.4 Å². The molecule has 2 aliphatic heterocycles. The predicted octanol–water partition coefficient (Wildman–Crippen LogP) is 1.24. The molecule has 0 bridgehead atoms. The fraction of sp³-hybridized carbons (Fsp3) is 0.652. The van der Waals surface area contributed by atoms with Gasteiger partial charge in [-0.2, -0.15) is 0 Å². The van der Waals surface area contributed by atoms with Crippen molar-refractivity contribution in [1.82, 2.24) is 15.5 Å². The molecule has 3 atom stereocenters. The van der Waals surface area contributed by atoms with Gasteiger partial charge in [0.25, 0.3) is 0 Å². The number of rotatable bonds is 9. The van der Waals surface area contributed by atoms with Crippen molar-refractivity contribution in [2.45, 2.75) is 51.4 Å². The van der Waals surface area contributed by atoms with Crippen molar-refractivity contribution in [3.63, 3.8) is 0 Å². The lowest BCUT2D eigenvalue weighted by Gasteiger charge is -2.31. The smallest absolute Gasteiger partial charge is 0.221 e. The highest BCUT2D eigenvalue weighted by molar-refractivity contribution is 5.79. The van der Waals surface area contributed by atoms with E-state index in [1.54, 1.807) is 7.05 Å². The van der Waals surface area contributed by atoms with Crippen LogP contribution in [0.3, 0.4) is 0 Å². The van der Waals surface area contributed by atoms with Crippen LogP contribution in [0.25, 0.3) is 0 Å². The lowest BCUT2D eigenvalue weighted by Crippen LogP contribution is -2.44. The highest BCUT2D eigenvalue weighted by Gasteiger charge is 2.23. The maximum absolute atomic E-state index is 11.5. The number of primary amides is 1. The number of carbonyl (C=O) groups excluding carboxylic acids is 1. The van der Waals surface area contributed by atoms with Gasteiger partial charge in [0.1, 0.15) is 0 Å². The summed E-state index contributed by atoms with van der Waals surface area (Å²) in [5.74, 6) is 0.544. The molecule has 0 radical (unpaired) electrons. The van der Waals surface area contributed by atoms with Crippen molar-refractivity contribution < 1.29 is 14.3 Å². The molecular weight excluding hydrogens is 394 g/mol. The molecule has 172 valence electrons. The molecule has 0 spiro atoms. The second-order valence-corrected chi connectivity index (χ2v) is 8.59. The number of aliphatic imine (C=N–C) groups is 1. The van der Waals surface area contributed by atoms with Crippen molar-refractivity contribution in [2.24, 2.45) is 16.6 Å². The molecule has 3 unspecified atom stereocenters. The Balaban J connectivity index is 1.44. The third-order valence-electron chi connectivity index (χ3n) is 5.84. The van der Waals surface area contributed by atoms with Crippen LogP contribution in [0.1, 0.15) is 37.3 Å². The molecule has 4 N–H and O–H groups in total.